The molecule has 1 unspecified atom stereocenters. The summed E-state index contributed by atoms with van der Waals surface area (Å²) in [6.07, 6.45) is -0.320. The van der Waals surface area contributed by atoms with Crippen LogP contribution in [0.3, 0.4) is 0 Å². The van der Waals surface area contributed by atoms with E-state index in [0.29, 0.717) is 31.0 Å². The van der Waals surface area contributed by atoms with Gasteiger partial charge in [0, 0.05) is 5.39 Å². The first-order valence-corrected chi connectivity index (χ1v) is 5.98. The summed E-state index contributed by atoms with van der Waals surface area (Å²) >= 11 is 0. The zero-order valence-corrected chi connectivity index (χ0v) is 10.1. The van der Waals surface area contributed by atoms with Crippen molar-refractivity contribution < 1.29 is 13.9 Å². The van der Waals surface area contributed by atoms with E-state index in [9.17, 15) is 4.79 Å². The lowest BCUT2D eigenvalue weighted by Gasteiger charge is -2.22. The van der Waals surface area contributed by atoms with E-state index in [1.807, 2.05) is 31.2 Å². The minimum absolute atomic E-state index is 0.320. The van der Waals surface area contributed by atoms with Gasteiger partial charge in [0.15, 0.2) is 0 Å². The molecule has 0 amide bonds. The van der Waals surface area contributed by atoms with Gasteiger partial charge in [0.05, 0.1) is 25.4 Å². The Morgan fingerprint density at radius 1 is 1.22 bits per heavy atom. The minimum Gasteiger partial charge on any atom is -0.422 e. The summed E-state index contributed by atoms with van der Waals surface area (Å²) in [4.78, 5) is 11.9. The molecule has 1 saturated heterocycles. The second kappa shape index (κ2) is 4.55. The SMILES string of the molecule is Cc1ccc2oc(=O)c(C3COCCO3)cc2c1. The van der Waals surface area contributed by atoms with Gasteiger partial charge in [-0.05, 0) is 25.1 Å². The predicted molar refractivity (Wildman–Crippen MR) is 66.7 cm³/mol. The zero-order chi connectivity index (χ0) is 12.5. The molecule has 0 bridgehead atoms. The van der Waals surface area contributed by atoms with Gasteiger partial charge >= 0.3 is 5.63 Å². The van der Waals surface area contributed by atoms with Gasteiger partial charge < -0.3 is 13.9 Å². The first-order valence-electron chi connectivity index (χ1n) is 5.98. The maximum atomic E-state index is 11.9. The highest BCUT2D eigenvalue weighted by atomic mass is 16.6. The molecule has 1 atom stereocenters. The van der Waals surface area contributed by atoms with Crippen LogP contribution in [-0.4, -0.2) is 19.8 Å². The summed E-state index contributed by atoms with van der Waals surface area (Å²) in [5.41, 5.74) is 1.92. The molecular formula is C14H14O4. The Morgan fingerprint density at radius 2 is 2.11 bits per heavy atom. The van der Waals surface area contributed by atoms with Crippen LogP contribution in [0.2, 0.25) is 0 Å². The van der Waals surface area contributed by atoms with Gasteiger partial charge in [0.1, 0.15) is 11.7 Å². The number of aryl methyl sites for hydroxylation is 1. The van der Waals surface area contributed by atoms with Gasteiger partial charge in [0.2, 0.25) is 0 Å². The van der Waals surface area contributed by atoms with Crippen molar-refractivity contribution in [3.8, 4) is 0 Å². The fraction of sp³-hybridized carbons (Fsp3) is 0.357. The molecule has 4 nitrogen and oxygen atoms in total. The third-order valence-electron chi connectivity index (χ3n) is 3.08. The maximum absolute atomic E-state index is 11.9. The summed E-state index contributed by atoms with van der Waals surface area (Å²) in [5, 5.41) is 0.916. The van der Waals surface area contributed by atoms with Crippen LogP contribution in [0.1, 0.15) is 17.2 Å². The molecule has 2 aromatic rings. The molecule has 0 radical (unpaired) electrons. The molecular weight excluding hydrogens is 232 g/mol. The quantitative estimate of drug-likeness (QED) is 0.724. The highest BCUT2D eigenvalue weighted by Crippen LogP contribution is 2.22. The van der Waals surface area contributed by atoms with Gasteiger partial charge in [0.25, 0.3) is 0 Å². The molecule has 1 aliphatic heterocycles. The van der Waals surface area contributed by atoms with E-state index in [0.717, 1.165) is 10.9 Å². The van der Waals surface area contributed by atoms with Crippen LogP contribution in [0.25, 0.3) is 11.0 Å². The molecule has 3 rings (SSSR count). The highest BCUT2D eigenvalue weighted by molar-refractivity contribution is 5.77. The molecule has 1 aromatic carbocycles. The zero-order valence-electron chi connectivity index (χ0n) is 10.1. The second-order valence-corrected chi connectivity index (χ2v) is 4.46. The van der Waals surface area contributed by atoms with Crippen molar-refractivity contribution >= 4 is 11.0 Å². The van der Waals surface area contributed by atoms with Crippen molar-refractivity contribution in [1.82, 2.24) is 0 Å². The maximum Gasteiger partial charge on any atom is 0.342 e. The Morgan fingerprint density at radius 3 is 2.89 bits per heavy atom. The first-order chi connectivity index (χ1) is 8.74. The van der Waals surface area contributed by atoms with Gasteiger partial charge in [-0.2, -0.15) is 0 Å². The monoisotopic (exact) mass is 246 g/mol. The van der Waals surface area contributed by atoms with Crippen LogP contribution in [0.15, 0.2) is 33.5 Å². The minimum atomic E-state index is -0.346. The third-order valence-corrected chi connectivity index (χ3v) is 3.08. The molecule has 4 heteroatoms. The first kappa shape index (κ1) is 11.4. The number of rotatable bonds is 1. The Balaban J connectivity index is 2.10. The number of ether oxygens (including phenoxy) is 2. The number of fused-ring (bicyclic) bond motifs is 1. The van der Waals surface area contributed by atoms with Gasteiger partial charge in [-0.3, -0.25) is 0 Å². The van der Waals surface area contributed by atoms with Crippen LogP contribution in [0.5, 0.6) is 0 Å². The number of hydrogen-bond donors (Lipinski definition) is 0. The summed E-state index contributed by atoms with van der Waals surface area (Å²) in [5.74, 6) is 0. The largest absolute Gasteiger partial charge is 0.422 e. The second-order valence-electron chi connectivity index (χ2n) is 4.46. The van der Waals surface area contributed by atoms with E-state index in [1.54, 1.807) is 0 Å². The normalized spacial score (nSPS) is 20.2. The third kappa shape index (κ3) is 2.05. The molecule has 94 valence electrons. The van der Waals surface area contributed by atoms with Gasteiger partial charge in [-0.25, -0.2) is 4.79 Å². The van der Waals surface area contributed by atoms with Crippen LogP contribution in [0, 0.1) is 6.92 Å². The van der Waals surface area contributed by atoms with E-state index in [2.05, 4.69) is 0 Å². The lowest BCUT2D eigenvalue weighted by Crippen LogP contribution is -2.26. The summed E-state index contributed by atoms with van der Waals surface area (Å²) in [6.45, 7) is 3.50. The van der Waals surface area contributed by atoms with Crippen molar-refractivity contribution in [3.05, 3.63) is 45.8 Å². The Bertz CT molecular complexity index is 623. The summed E-state index contributed by atoms with van der Waals surface area (Å²) in [7, 11) is 0. The lowest BCUT2D eigenvalue weighted by atomic mass is 10.1. The topological polar surface area (TPSA) is 48.7 Å². The van der Waals surface area contributed by atoms with Gasteiger partial charge in [-0.15, -0.1) is 0 Å². The molecule has 0 spiro atoms. The molecule has 2 heterocycles. The molecule has 18 heavy (non-hydrogen) atoms. The van der Waals surface area contributed by atoms with E-state index in [-0.39, 0.29) is 11.7 Å². The predicted octanol–water partition coefficient (Wildman–Crippen LogP) is 2.19. The average molecular weight is 246 g/mol. The molecule has 0 N–H and O–H groups in total. The van der Waals surface area contributed by atoms with Crippen LogP contribution in [-0.2, 0) is 9.47 Å². The smallest absolute Gasteiger partial charge is 0.342 e. The molecule has 1 aliphatic rings. The van der Waals surface area contributed by atoms with Crippen molar-refractivity contribution in [2.24, 2.45) is 0 Å². The van der Waals surface area contributed by atoms with E-state index in [4.69, 9.17) is 13.9 Å². The molecule has 1 fully saturated rings. The standard InChI is InChI=1S/C14H14O4/c1-9-2-3-12-10(6-9)7-11(14(15)18-12)13-8-16-4-5-17-13/h2-3,6-7,13H,4-5,8H2,1H3. The fourth-order valence-corrected chi connectivity index (χ4v) is 2.15. The van der Waals surface area contributed by atoms with E-state index >= 15 is 0 Å². The van der Waals surface area contributed by atoms with Crippen LogP contribution in [0.4, 0.5) is 0 Å². The van der Waals surface area contributed by atoms with Crippen molar-refractivity contribution in [2.45, 2.75) is 13.0 Å². The number of benzene rings is 1. The Kier molecular flexibility index (Phi) is 2.89. The van der Waals surface area contributed by atoms with Crippen LogP contribution >= 0.6 is 0 Å². The summed E-state index contributed by atoms with van der Waals surface area (Å²) in [6, 6.07) is 7.57. The Labute approximate surface area is 104 Å². The van der Waals surface area contributed by atoms with Crippen LogP contribution < -0.4 is 5.63 Å². The molecule has 1 aromatic heterocycles. The number of hydrogen-bond acceptors (Lipinski definition) is 4. The van der Waals surface area contributed by atoms with E-state index in [1.165, 1.54) is 0 Å². The average Bonchev–Trinajstić information content (AvgIpc) is 2.39. The van der Waals surface area contributed by atoms with Crippen molar-refractivity contribution in [3.63, 3.8) is 0 Å². The summed E-state index contributed by atoms with van der Waals surface area (Å²) < 4.78 is 16.2. The van der Waals surface area contributed by atoms with Gasteiger partial charge in [-0.1, -0.05) is 11.6 Å². The fourth-order valence-electron chi connectivity index (χ4n) is 2.15. The Hall–Kier alpha value is -1.65. The lowest BCUT2D eigenvalue weighted by molar-refractivity contribution is -0.0911. The van der Waals surface area contributed by atoms with Crippen molar-refractivity contribution in [2.75, 3.05) is 19.8 Å². The molecule has 0 aliphatic carbocycles. The highest BCUT2D eigenvalue weighted by Gasteiger charge is 2.21. The van der Waals surface area contributed by atoms with Crippen molar-refractivity contribution in [1.29, 1.82) is 0 Å². The molecule has 0 saturated carbocycles. The van der Waals surface area contributed by atoms with E-state index < -0.39 is 0 Å².